The van der Waals surface area contributed by atoms with Crippen LogP contribution in [0.4, 0.5) is 0 Å². The molecular weight excluding hydrogens is 356 g/mol. The Morgan fingerprint density at radius 3 is 2.77 bits per heavy atom. The first kappa shape index (κ1) is 19.7. The number of rotatable bonds is 4. The van der Waals surface area contributed by atoms with Crippen molar-refractivity contribution in [3.05, 3.63) is 59.2 Å². The first-order chi connectivity index (χ1) is 12.5. The van der Waals surface area contributed by atoms with Crippen molar-refractivity contribution in [3.63, 3.8) is 0 Å². The van der Waals surface area contributed by atoms with Gasteiger partial charge in [0.1, 0.15) is 6.61 Å². The topological polar surface area (TPSA) is 84.5 Å². The standard InChI is InChI=1S/C19H21ClN2O4/c20-16-8-6-14(7-9-16)13-22-17(23)12-15-4-2-1-3-5-18(24)26-11-10-21-19(15)25/h1-3,5-9,15H,4,10-13H2,(H,21,25)(H,22,23)/b2-1+,5-3-/t15-/m1/s1. The molecule has 2 amide bonds. The zero-order chi connectivity index (χ0) is 18.8. The van der Waals surface area contributed by atoms with Gasteiger partial charge in [0.2, 0.25) is 11.8 Å². The van der Waals surface area contributed by atoms with Crippen molar-refractivity contribution < 1.29 is 19.1 Å². The summed E-state index contributed by atoms with van der Waals surface area (Å²) in [5.74, 6) is -1.39. The predicted octanol–water partition coefficient (Wildman–Crippen LogP) is 2.14. The molecule has 1 heterocycles. The maximum absolute atomic E-state index is 12.3. The van der Waals surface area contributed by atoms with Crippen molar-refractivity contribution in [2.45, 2.75) is 19.4 Å². The van der Waals surface area contributed by atoms with Crippen LogP contribution >= 0.6 is 11.6 Å². The van der Waals surface area contributed by atoms with E-state index in [1.165, 1.54) is 6.08 Å². The van der Waals surface area contributed by atoms with Crippen LogP contribution in [0, 0.1) is 5.92 Å². The molecule has 1 aliphatic rings. The van der Waals surface area contributed by atoms with Crippen LogP contribution in [-0.2, 0) is 25.7 Å². The van der Waals surface area contributed by atoms with Crippen molar-refractivity contribution in [3.8, 4) is 0 Å². The van der Waals surface area contributed by atoms with Gasteiger partial charge >= 0.3 is 5.97 Å². The van der Waals surface area contributed by atoms with Gasteiger partial charge in [-0.2, -0.15) is 0 Å². The average molecular weight is 377 g/mol. The molecule has 0 bridgehead atoms. The summed E-state index contributed by atoms with van der Waals surface area (Å²) in [5, 5.41) is 6.13. The van der Waals surface area contributed by atoms with E-state index in [2.05, 4.69) is 10.6 Å². The maximum Gasteiger partial charge on any atom is 0.330 e. The quantitative estimate of drug-likeness (QED) is 0.788. The molecule has 1 aromatic rings. The van der Waals surface area contributed by atoms with Crippen molar-refractivity contribution >= 4 is 29.4 Å². The van der Waals surface area contributed by atoms with Gasteiger partial charge in [0.05, 0.1) is 12.5 Å². The van der Waals surface area contributed by atoms with Crippen molar-refractivity contribution in [1.82, 2.24) is 10.6 Å². The number of nitrogens with one attached hydrogen (secondary N) is 2. The summed E-state index contributed by atoms with van der Waals surface area (Å²) in [7, 11) is 0. The van der Waals surface area contributed by atoms with E-state index in [1.807, 2.05) is 12.1 Å². The molecule has 6 nitrogen and oxygen atoms in total. The van der Waals surface area contributed by atoms with E-state index in [0.717, 1.165) is 5.56 Å². The first-order valence-corrected chi connectivity index (χ1v) is 8.71. The van der Waals surface area contributed by atoms with E-state index in [4.69, 9.17) is 16.3 Å². The van der Waals surface area contributed by atoms with Gasteiger partial charge < -0.3 is 15.4 Å². The molecular formula is C19H21ClN2O4. The molecule has 1 aliphatic heterocycles. The lowest BCUT2D eigenvalue weighted by molar-refractivity contribution is -0.138. The largest absolute Gasteiger partial charge is 0.461 e. The van der Waals surface area contributed by atoms with Crippen LogP contribution < -0.4 is 10.6 Å². The van der Waals surface area contributed by atoms with Crippen LogP contribution in [0.1, 0.15) is 18.4 Å². The fourth-order valence-corrected chi connectivity index (χ4v) is 2.48. The highest BCUT2D eigenvalue weighted by atomic mass is 35.5. The van der Waals surface area contributed by atoms with Gasteiger partial charge in [-0.05, 0) is 24.1 Å². The summed E-state index contributed by atoms with van der Waals surface area (Å²) in [6, 6.07) is 7.19. The summed E-state index contributed by atoms with van der Waals surface area (Å²) >= 11 is 5.83. The lowest BCUT2D eigenvalue weighted by Crippen LogP contribution is -2.36. The second-order valence-corrected chi connectivity index (χ2v) is 6.22. The minimum absolute atomic E-state index is 0.0767. The lowest BCUT2D eigenvalue weighted by Gasteiger charge is -2.15. The predicted molar refractivity (Wildman–Crippen MR) is 98.3 cm³/mol. The molecule has 0 spiro atoms. The number of hydrogen-bond donors (Lipinski definition) is 2. The Morgan fingerprint density at radius 1 is 1.23 bits per heavy atom. The zero-order valence-electron chi connectivity index (χ0n) is 14.2. The van der Waals surface area contributed by atoms with E-state index in [0.29, 0.717) is 18.0 Å². The SMILES string of the molecule is O=C(C[C@H]1C/C=C/C=C\C(=O)OCCNC1=O)NCc1ccc(Cl)cc1. The molecule has 0 aromatic heterocycles. The molecule has 0 saturated heterocycles. The van der Waals surface area contributed by atoms with Crippen LogP contribution in [0.25, 0.3) is 0 Å². The van der Waals surface area contributed by atoms with Crippen LogP contribution in [-0.4, -0.2) is 30.9 Å². The van der Waals surface area contributed by atoms with Gasteiger partial charge in [0.15, 0.2) is 0 Å². The maximum atomic E-state index is 12.3. The first-order valence-electron chi connectivity index (χ1n) is 8.33. The molecule has 2 N–H and O–H groups in total. The molecule has 1 atom stereocenters. The van der Waals surface area contributed by atoms with E-state index in [-0.39, 0.29) is 31.4 Å². The Kier molecular flexibility index (Phi) is 7.89. The molecule has 1 aromatic carbocycles. The van der Waals surface area contributed by atoms with Crippen molar-refractivity contribution in [2.75, 3.05) is 13.2 Å². The number of cyclic esters (lactones) is 1. The summed E-state index contributed by atoms with van der Waals surface area (Å²) < 4.78 is 4.91. The molecule has 0 unspecified atom stereocenters. The monoisotopic (exact) mass is 376 g/mol. The van der Waals surface area contributed by atoms with E-state index in [1.54, 1.807) is 30.4 Å². The van der Waals surface area contributed by atoms with Crippen LogP contribution in [0.2, 0.25) is 5.02 Å². The third-order valence-corrected chi connectivity index (χ3v) is 4.00. The minimum Gasteiger partial charge on any atom is -0.461 e. The van der Waals surface area contributed by atoms with Gasteiger partial charge in [-0.1, -0.05) is 42.0 Å². The van der Waals surface area contributed by atoms with E-state index < -0.39 is 11.9 Å². The van der Waals surface area contributed by atoms with Gasteiger partial charge in [0.25, 0.3) is 0 Å². The summed E-state index contributed by atoms with van der Waals surface area (Å²) in [4.78, 5) is 35.7. The Morgan fingerprint density at radius 2 is 2.00 bits per heavy atom. The molecule has 26 heavy (non-hydrogen) atoms. The molecule has 0 fully saturated rings. The number of halogens is 1. The summed E-state index contributed by atoms with van der Waals surface area (Å²) in [6.45, 7) is 0.679. The van der Waals surface area contributed by atoms with Crippen molar-refractivity contribution in [2.24, 2.45) is 5.92 Å². The minimum atomic E-state index is -0.486. The normalized spacial score (nSPS) is 20.7. The number of esters is 1. The van der Waals surface area contributed by atoms with Gasteiger partial charge in [-0.3, -0.25) is 9.59 Å². The average Bonchev–Trinajstić information content (AvgIpc) is 2.62. The second kappa shape index (κ2) is 10.4. The van der Waals surface area contributed by atoms with E-state index in [9.17, 15) is 14.4 Å². The summed E-state index contributed by atoms with van der Waals surface area (Å²) in [5.41, 5.74) is 0.928. The molecule has 0 radical (unpaired) electrons. The third-order valence-electron chi connectivity index (χ3n) is 3.75. The molecule has 0 aliphatic carbocycles. The summed E-state index contributed by atoms with van der Waals surface area (Å²) in [6.07, 6.45) is 6.76. The van der Waals surface area contributed by atoms with Crippen LogP contribution in [0.5, 0.6) is 0 Å². The highest BCUT2D eigenvalue weighted by Crippen LogP contribution is 2.12. The van der Waals surface area contributed by atoms with Gasteiger partial charge in [0, 0.05) is 24.1 Å². The fraction of sp³-hybridized carbons (Fsp3) is 0.316. The van der Waals surface area contributed by atoms with E-state index >= 15 is 0 Å². The smallest absolute Gasteiger partial charge is 0.330 e. The number of carbonyl (C=O) groups excluding carboxylic acids is 3. The highest BCUT2D eigenvalue weighted by Gasteiger charge is 2.20. The van der Waals surface area contributed by atoms with Crippen LogP contribution in [0.3, 0.4) is 0 Å². The Bertz CT molecular complexity index is 698. The zero-order valence-corrected chi connectivity index (χ0v) is 15.0. The lowest BCUT2D eigenvalue weighted by atomic mass is 9.99. The Labute approximate surface area is 157 Å². The number of carbonyl (C=O) groups is 3. The number of hydrogen-bond acceptors (Lipinski definition) is 4. The molecule has 138 valence electrons. The van der Waals surface area contributed by atoms with Crippen molar-refractivity contribution in [1.29, 1.82) is 0 Å². The molecule has 7 heteroatoms. The Balaban J connectivity index is 1.90. The van der Waals surface area contributed by atoms with Gasteiger partial charge in [-0.15, -0.1) is 0 Å². The van der Waals surface area contributed by atoms with Crippen LogP contribution in [0.15, 0.2) is 48.6 Å². The second-order valence-electron chi connectivity index (χ2n) is 5.79. The number of ether oxygens (including phenoxy) is 1. The number of allylic oxidation sites excluding steroid dienone is 3. The third kappa shape index (κ3) is 7.11. The highest BCUT2D eigenvalue weighted by molar-refractivity contribution is 6.30. The Hall–Kier alpha value is -2.60. The molecule has 2 rings (SSSR count). The molecule has 0 saturated carbocycles. The fourth-order valence-electron chi connectivity index (χ4n) is 2.36. The number of benzene rings is 1. The number of amides is 2. The van der Waals surface area contributed by atoms with Gasteiger partial charge in [-0.25, -0.2) is 4.79 Å².